The highest BCUT2D eigenvalue weighted by atomic mass is 35.5. The summed E-state index contributed by atoms with van der Waals surface area (Å²) in [5.74, 6) is -0.702. The van der Waals surface area contributed by atoms with Crippen molar-refractivity contribution < 1.29 is 14.3 Å². The van der Waals surface area contributed by atoms with E-state index in [4.69, 9.17) is 11.6 Å². The molecule has 1 atom stereocenters. The average molecular weight is 165 g/mol. The molecule has 0 fully saturated rings. The molecule has 0 aromatic rings. The highest BCUT2D eigenvalue weighted by Gasteiger charge is 2.31. The van der Waals surface area contributed by atoms with Crippen molar-refractivity contribution in [1.29, 1.82) is 0 Å². The molecular formula is C6H9ClO3. The van der Waals surface area contributed by atoms with Gasteiger partial charge in [-0.15, -0.1) is 0 Å². The van der Waals surface area contributed by atoms with Crippen molar-refractivity contribution >= 4 is 23.9 Å². The van der Waals surface area contributed by atoms with Gasteiger partial charge in [-0.1, -0.05) is 11.6 Å². The number of aldehydes is 1. The van der Waals surface area contributed by atoms with E-state index >= 15 is 0 Å². The molecule has 0 aliphatic heterocycles. The van der Waals surface area contributed by atoms with E-state index in [1.54, 1.807) is 6.92 Å². The topological polar surface area (TPSA) is 43.4 Å². The van der Waals surface area contributed by atoms with Crippen LogP contribution < -0.4 is 0 Å². The number of hydrogen-bond acceptors (Lipinski definition) is 3. The van der Waals surface area contributed by atoms with E-state index in [9.17, 15) is 9.59 Å². The predicted molar refractivity (Wildman–Crippen MR) is 37.0 cm³/mol. The van der Waals surface area contributed by atoms with Crippen LogP contribution in [-0.4, -0.2) is 23.7 Å². The molecule has 0 aliphatic carbocycles. The second-order valence-corrected chi connectivity index (χ2v) is 2.70. The third kappa shape index (κ3) is 2.35. The summed E-state index contributed by atoms with van der Waals surface area (Å²) in [6.45, 7) is 3.17. The molecule has 0 aromatic heterocycles. The average Bonchev–Trinajstić information content (AvgIpc) is 1.89. The molecule has 0 saturated carbocycles. The summed E-state index contributed by atoms with van der Waals surface area (Å²) in [6, 6.07) is 0. The Labute approximate surface area is 64.3 Å². The molecule has 0 N–H and O–H groups in total. The van der Waals surface area contributed by atoms with Crippen LogP contribution in [-0.2, 0) is 14.3 Å². The van der Waals surface area contributed by atoms with Gasteiger partial charge in [0.2, 0.25) is 0 Å². The Bertz CT molecular complexity index is 142. The highest BCUT2D eigenvalue weighted by Crippen LogP contribution is 2.12. The Hall–Kier alpha value is -0.570. The molecule has 0 bridgehead atoms. The van der Waals surface area contributed by atoms with Crippen LogP contribution in [0.15, 0.2) is 0 Å². The molecule has 0 heterocycles. The third-order valence-electron chi connectivity index (χ3n) is 0.896. The molecule has 0 aliphatic rings. The lowest BCUT2D eigenvalue weighted by Crippen LogP contribution is -2.32. The summed E-state index contributed by atoms with van der Waals surface area (Å²) in [4.78, 5) is 19.3. The van der Waals surface area contributed by atoms with Crippen molar-refractivity contribution in [2.45, 2.75) is 18.7 Å². The van der Waals surface area contributed by atoms with Gasteiger partial charge in [-0.3, -0.25) is 0 Å². The predicted octanol–water partition coefficient (Wildman–Crippen LogP) is 0.746. The molecule has 0 saturated heterocycles. The minimum Gasteiger partial charge on any atom is -0.464 e. The first-order valence-electron chi connectivity index (χ1n) is 2.87. The van der Waals surface area contributed by atoms with Crippen molar-refractivity contribution in [3.05, 3.63) is 0 Å². The van der Waals surface area contributed by atoms with Crippen molar-refractivity contribution in [3.8, 4) is 0 Å². The smallest absolute Gasteiger partial charge is 0.334 e. The Kier molecular flexibility index (Phi) is 3.36. The summed E-state index contributed by atoms with van der Waals surface area (Å²) in [7, 11) is 0. The second-order valence-electron chi connectivity index (χ2n) is 1.91. The van der Waals surface area contributed by atoms with Gasteiger partial charge >= 0.3 is 5.97 Å². The fourth-order valence-corrected chi connectivity index (χ4v) is 0.375. The number of rotatable bonds is 3. The summed E-state index contributed by atoms with van der Waals surface area (Å²) in [5, 5.41) is 0. The van der Waals surface area contributed by atoms with Crippen LogP contribution in [0.4, 0.5) is 0 Å². The molecule has 0 radical (unpaired) electrons. The lowest BCUT2D eigenvalue weighted by molar-refractivity contribution is -0.147. The van der Waals surface area contributed by atoms with Gasteiger partial charge in [0.15, 0.2) is 11.2 Å². The third-order valence-corrected chi connectivity index (χ3v) is 1.14. The monoisotopic (exact) mass is 164 g/mol. The Balaban J connectivity index is 4.04. The maximum atomic E-state index is 10.7. The molecule has 58 valence electrons. The zero-order valence-corrected chi connectivity index (χ0v) is 6.64. The Morgan fingerprint density at radius 1 is 1.80 bits per heavy atom. The first-order chi connectivity index (χ1) is 4.54. The Morgan fingerprint density at radius 3 is 2.60 bits per heavy atom. The molecular weight excluding hydrogens is 156 g/mol. The van der Waals surface area contributed by atoms with Gasteiger partial charge in [-0.25, -0.2) is 4.79 Å². The van der Waals surface area contributed by atoms with Gasteiger partial charge in [-0.2, -0.15) is 0 Å². The lowest BCUT2D eigenvalue weighted by atomic mass is 10.2. The van der Waals surface area contributed by atoms with E-state index in [1.165, 1.54) is 6.92 Å². The maximum Gasteiger partial charge on any atom is 0.334 e. The quantitative estimate of drug-likeness (QED) is 0.268. The van der Waals surface area contributed by atoms with E-state index in [2.05, 4.69) is 4.74 Å². The SMILES string of the molecule is CCOC(=O)C(C)(Cl)C=O. The normalized spacial score (nSPS) is 15.5. The number of carbonyl (C=O) groups excluding carboxylic acids is 2. The van der Waals surface area contributed by atoms with E-state index < -0.39 is 10.8 Å². The minimum absolute atomic E-state index is 0.231. The van der Waals surface area contributed by atoms with Crippen LogP contribution in [0.3, 0.4) is 0 Å². The van der Waals surface area contributed by atoms with Crippen molar-refractivity contribution in [2.75, 3.05) is 6.61 Å². The van der Waals surface area contributed by atoms with E-state index in [0.29, 0.717) is 6.29 Å². The number of esters is 1. The molecule has 4 heteroatoms. The zero-order chi connectivity index (χ0) is 8.20. The molecule has 1 unspecified atom stereocenters. The van der Waals surface area contributed by atoms with E-state index in [0.717, 1.165) is 0 Å². The first-order valence-corrected chi connectivity index (χ1v) is 3.25. The largest absolute Gasteiger partial charge is 0.464 e. The van der Waals surface area contributed by atoms with Crippen molar-refractivity contribution in [1.82, 2.24) is 0 Å². The van der Waals surface area contributed by atoms with Crippen LogP contribution in [0.2, 0.25) is 0 Å². The molecule has 0 rings (SSSR count). The highest BCUT2D eigenvalue weighted by molar-refractivity contribution is 6.41. The van der Waals surface area contributed by atoms with E-state index in [1.807, 2.05) is 0 Å². The summed E-state index contributed by atoms with van der Waals surface area (Å²) < 4.78 is 4.50. The number of carbonyl (C=O) groups is 2. The first kappa shape index (κ1) is 9.43. The van der Waals surface area contributed by atoms with Crippen LogP contribution >= 0.6 is 11.6 Å². The minimum atomic E-state index is -1.52. The number of hydrogen-bond donors (Lipinski definition) is 0. The van der Waals surface area contributed by atoms with Gasteiger partial charge in [0.05, 0.1) is 6.61 Å². The summed E-state index contributed by atoms with van der Waals surface area (Å²) in [6.07, 6.45) is 0.354. The summed E-state index contributed by atoms with van der Waals surface area (Å²) >= 11 is 5.41. The van der Waals surface area contributed by atoms with Gasteiger partial charge < -0.3 is 9.53 Å². The van der Waals surface area contributed by atoms with Crippen LogP contribution in [0.5, 0.6) is 0 Å². The molecule has 0 aromatic carbocycles. The van der Waals surface area contributed by atoms with Crippen LogP contribution in [0.25, 0.3) is 0 Å². The fourth-order valence-electron chi connectivity index (χ4n) is 0.320. The molecule has 10 heavy (non-hydrogen) atoms. The van der Waals surface area contributed by atoms with Gasteiger partial charge in [0.25, 0.3) is 0 Å². The van der Waals surface area contributed by atoms with E-state index in [-0.39, 0.29) is 6.61 Å². The maximum absolute atomic E-state index is 10.7. The molecule has 0 amide bonds. The number of alkyl halides is 1. The van der Waals surface area contributed by atoms with Crippen LogP contribution in [0, 0.1) is 0 Å². The zero-order valence-electron chi connectivity index (χ0n) is 5.89. The fraction of sp³-hybridized carbons (Fsp3) is 0.667. The second kappa shape index (κ2) is 3.56. The number of ether oxygens (including phenoxy) is 1. The lowest BCUT2D eigenvalue weighted by Gasteiger charge is -2.11. The standard InChI is InChI=1S/C6H9ClO3/c1-3-10-5(9)6(2,7)4-8/h4H,3H2,1-2H3. The number of halogens is 1. The van der Waals surface area contributed by atoms with Gasteiger partial charge in [0.1, 0.15) is 0 Å². The van der Waals surface area contributed by atoms with Crippen molar-refractivity contribution in [2.24, 2.45) is 0 Å². The molecule has 3 nitrogen and oxygen atoms in total. The van der Waals surface area contributed by atoms with Gasteiger partial charge in [-0.05, 0) is 13.8 Å². The van der Waals surface area contributed by atoms with Crippen LogP contribution in [0.1, 0.15) is 13.8 Å². The molecule has 0 spiro atoms. The summed E-state index contributed by atoms with van der Waals surface area (Å²) in [5.41, 5.74) is 0. The van der Waals surface area contributed by atoms with Crippen molar-refractivity contribution in [3.63, 3.8) is 0 Å². The van der Waals surface area contributed by atoms with Gasteiger partial charge in [0, 0.05) is 0 Å². The Morgan fingerprint density at radius 2 is 2.30 bits per heavy atom.